The molecule has 1 aromatic carbocycles. The van der Waals surface area contributed by atoms with Crippen LogP contribution in [0.2, 0.25) is 0 Å². The van der Waals surface area contributed by atoms with Crippen molar-refractivity contribution in [2.24, 2.45) is 0 Å². The Morgan fingerprint density at radius 2 is 2.11 bits per heavy atom. The highest BCUT2D eigenvalue weighted by Gasteiger charge is 2.15. The highest BCUT2D eigenvalue weighted by molar-refractivity contribution is 9.10. The second-order valence-electron chi connectivity index (χ2n) is 4.18. The Morgan fingerprint density at radius 3 is 2.78 bits per heavy atom. The SMILES string of the molecule is CCOC(=O)c1cnc2cc(C)cc(C)c2c1Br. The number of nitrogens with zero attached hydrogens (tertiary/aromatic N) is 1. The average Bonchev–Trinajstić information content (AvgIpc) is 2.28. The number of carbonyl (C=O) groups is 1. The van der Waals surface area contributed by atoms with Gasteiger partial charge >= 0.3 is 5.97 Å². The minimum absolute atomic E-state index is 0.348. The molecule has 0 fully saturated rings. The Morgan fingerprint density at radius 1 is 1.39 bits per heavy atom. The molecule has 0 saturated carbocycles. The summed E-state index contributed by atoms with van der Waals surface area (Å²) in [5.41, 5.74) is 3.60. The lowest BCUT2D eigenvalue weighted by molar-refractivity contribution is 0.0525. The first-order valence-electron chi connectivity index (χ1n) is 5.77. The molecule has 0 radical (unpaired) electrons. The molecule has 0 N–H and O–H groups in total. The third-order valence-electron chi connectivity index (χ3n) is 2.74. The molecular weight excluding hydrogens is 294 g/mol. The first kappa shape index (κ1) is 13.0. The number of pyridine rings is 1. The molecule has 18 heavy (non-hydrogen) atoms. The number of esters is 1. The van der Waals surface area contributed by atoms with Gasteiger partial charge in [-0.3, -0.25) is 4.98 Å². The molecular formula is C14H14BrNO2. The Labute approximate surface area is 114 Å². The number of aryl methyl sites for hydroxylation is 2. The maximum absolute atomic E-state index is 11.8. The van der Waals surface area contributed by atoms with E-state index >= 15 is 0 Å². The van der Waals surface area contributed by atoms with E-state index in [1.54, 1.807) is 13.1 Å². The van der Waals surface area contributed by atoms with Gasteiger partial charge in [-0.05, 0) is 53.9 Å². The molecule has 2 rings (SSSR count). The van der Waals surface area contributed by atoms with Crippen molar-refractivity contribution in [2.45, 2.75) is 20.8 Å². The van der Waals surface area contributed by atoms with Gasteiger partial charge < -0.3 is 4.74 Å². The fourth-order valence-electron chi connectivity index (χ4n) is 2.01. The van der Waals surface area contributed by atoms with Gasteiger partial charge in [0, 0.05) is 16.1 Å². The molecule has 0 aliphatic rings. The Balaban J connectivity index is 2.67. The second-order valence-corrected chi connectivity index (χ2v) is 4.98. The number of fused-ring (bicyclic) bond motifs is 1. The number of rotatable bonds is 2. The van der Waals surface area contributed by atoms with Gasteiger partial charge in [0.05, 0.1) is 17.7 Å². The van der Waals surface area contributed by atoms with Gasteiger partial charge in [-0.25, -0.2) is 4.79 Å². The van der Waals surface area contributed by atoms with Gasteiger partial charge in [0.25, 0.3) is 0 Å². The third-order valence-corrected chi connectivity index (χ3v) is 3.57. The van der Waals surface area contributed by atoms with Crippen LogP contribution < -0.4 is 0 Å². The standard InChI is InChI=1S/C14H14BrNO2/c1-4-18-14(17)10-7-16-11-6-8(2)5-9(3)12(11)13(10)15/h5-7H,4H2,1-3H3. The van der Waals surface area contributed by atoms with E-state index in [0.717, 1.165) is 26.5 Å². The van der Waals surface area contributed by atoms with Crippen LogP contribution in [0.3, 0.4) is 0 Å². The van der Waals surface area contributed by atoms with Crippen LogP contribution in [0.4, 0.5) is 0 Å². The zero-order valence-electron chi connectivity index (χ0n) is 10.6. The van der Waals surface area contributed by atoms with Crippen LogP contribution in [-0.4, -0.2) is 17.6 Å². The van der Waals surface area contributed by atoms with E-state index < -0.39 is 0 Å². The van der Waals surface area contributed by atoms with E-state index in [0.29, 0.717) is 12.2 Å². The monoisotopic (exact) mass is 307 g/mol. The minimum atomic E-state index is -0.348. The summed E-state index contributed by atoms with van der Waals surface area (Å²) in [6, 6.07) is 4.08. The molecule has 4 heteroatoms. The maximum Gasteiger partial charge on any atom is 0.340 e. The maximum atomic E-state index is 11.8. The number of hydrogen-bond donors (Lipinski definition) is 0. The summed E-state index contributed by atoms with van der Waals surface area (Å²) >= 11 is 3.49. The first-order valence-corrected chi connectivity index (χ1v) is 6.56. The van der Waals surface area contributed by atoms with Crippen LogP contribution in [0.1, 0.15) is 28.4 Å². The molecule has 0 aliphatic heterocycles. The van der Waals surface area contributed by atoms with E-state index in [-0.39, 0.29) is 5.97 Å². The van der Waals surface area contributed by atoms with Crippen molar-refractivity contribution in [3.63, 3.8) is 0 Å². The number of ether oxygens (including phenoxy) is 1. The summed E-state index contributed by atoms with van der Waals surface area (Å²) < 4.78 is 5.77. The second kappa shape index (κ2) is 5.06. The largest absolute Gasteiger partial charge is 0.462 e. The average molecular weight is 308 g/mol. The van der Waals surface area contributed by atoms with Crippen molar-refractivity contribution in [2.75, 3.05) is 6.61 Å². The number of carbonyl (C=O) groups excluding carboxylic acids is 1. The van der Waals surface area contributed by atoms with Crippen LogP contribution in [0.15, 0.2) is 22.8 Å². The molecule has 2 aromatic rings. The summed E-state index contributed by atoms with van der Waals surface area (Å²) in [6.45, 7) is 6.18. The normalized spacial score (nSPS) is 10.7. The van der Waals surface area contributed by atoms with E-state index in [1.165, 1.54) is 0 Å². The molecule has 0 saturated heterocycles. The van der Waals surface area contributed by atoms with Crippen molar-refractivity contribution >= 4 is 32.8 Å². The molecule has 0 bridgehead atoms. The third kappa shape index (κ3) is 2.25. The van der Waals surface area contributed by atoms with Crippen molar-refractivity contribution < 1.29 is 9.53 Å². The van der Waals surface area contributed by atoms with Crippen LogP contribution in [0, 0.1) is 13.8 Å². The topological polar surface area (TPSA) is 39.2 Å². The van der Waals surface area contributed by atoms with Crippen molar-refractivity contribution in [1.82, 2.24) is 4.98 Å². The minimum Gasteiger partial charge on any atom is -0.462 e. The zero-order valence-corrected chi connectivity index (χ0v) is 12.2. The summed E-state index contributed by atoms with van der Waals surface area (Å²) in [6.07, 6.45) is 1.56. The smallest absolute Gasteiger partial charge is 0.340 e. The van der Waals surface area contributed by atoms with Crippen molar-refractivity contribution in [1.29, 1.82) is 0 Å². The molecule has 3 nitrogen and oxygen atoms in total. The van der Waals surface area contributed by atoms with Gasteiger partial charge in [0.1, 0.15) is 0 Å². The zero-order chi connectivity index (χ0) is 13.3. The lowest BCUT2D eigenvalue weighted by atomic mass is 10.0. The van der Waals surface area contributed by atoms with Gasteiger partial charge in [-0.1, -0.05) is 6.07 Å². The van der Waals surface area contributed by atoms with E-state index in [4.69, 9.17) is 4.74 Å². The fourth-order valence-corrected chi connectivity index (χ4v) is 2.79. The summed E-state index contributed by atoms with van der Waals surface area (Å²) in [4.78, 5) is 16.1. The predicted molar refractivity (Wildman–Crippen MR) is 74.9 cm³/mol. The molecule has 0 amide bonds. The Bertz CT molecular complexity index is 623. The number of benzene rings is 1. The first-order chi connectivity index (χ1) is 8.54. The number of aromatic nitrogens is 1. The Kier molecular flexibility index (Phi) is 3.66. The molecule has 0 atom stereocenters. The quantitative estimate of drug-likeness (QED) is 0.792. The highest BCUT2D eigenvalue weighted by atomic mass is 79.9. The molecule has 0 unspecified atom stereocenters. The molecule has 1 heterocycles. The van der Waals surface area contributed by atoms with Crippen LogP contribution in [0.25, 0.3) is 10.9 Å². The van der Waals surface area contributed by atoms with Crippen LogP contribution in [0.5, 0.6) is 0 Å². The van der Waals surface area contributed by atoms with E-state index in [2.05, 4.69) is 27.0 Å². The molecule has 0 aliphatic carbocycles. The van der Waals surface area contributed by atoms with Gasteiger partial charge in [0.15, 0.2) is 0 Å². The Hall–Kier alpha value is -1.42. The van der Waals surface area contributed by atoms with Crippen molar-refractivity contribution in [3.05, 3.63) is 39.5 Å². The fraction of sp³-hybridized carbons (Fsp3) is 0.286. The highest BCUT2D eigenvalue weighted by Crippen LogP contribution is 2.30. The molecule has 1 aromatic heterocycles. The van der Waals surface area contributed by atoms with Gasteiger partial charge in [0.2, 0.25) is 0 Å². The van der Waals surface area contributed by atoms with Gasteiger partial charge in [-0.15, -0.1) is 0 Å². The summed E-state index contributed by atoms with van der Waals surface area (Å²) in [5, 5.41) is 0.964. The van der Waals surface area contributed by atoms with E-state index in [1.807, 2.05) is 19.9 Å². The molecule has 0 spiro atoms. The lowest BCUT2D eigenvalue weighted by Crippen LogP contribution is -2.06. The van der Waals surface area contributed by atoms with Crippen LogP contribution in [-0.2, 0) is 4.74 Å². The van der Waals surface area contributed by atoms with Gasteiger partial charge in [-0.2, -0.15) is 0 Å². The molecule has 94 valence electrons. The summed E-state index contributed by atoms with van der Waals surface area (Å²) in [5.74, 6) is -0.348. The number of hydrogen-bond acceptors (Lipinski definition) is 3. The predicted octanol–water partition coefficient (Wildman–Crippen LogP) is 3.79. The van der Waals surface area contributed by atoms with Crippen LogP contribution >= 0.6 is 15.9 Å². The van der Waals surface area contributed by atoms with E-state index in [9.17, 15) is 4.79 Å². The lowest BCUT2D eigenvalue weighted by Gasteiger charge is -2.09. The summed E-state index contributed by atoms with van der Waals surface area (Å²) in [7, 11) is 0. The number of halogens is 1. The van der Waals surface area contributed by atoms with Crippen molar-refractivity contribution in [3.8, 4) is 0 Å².